The van der Waals surface area contributed by atoms with Crippen LogP contribution in [0.1, 0.15) is 20.8 Å². The first kappa shape index (κ1) is 13.0. The molecule has 0 saturated heterocycles. The van der Waals surface area contributed by atoms with Crippen molar-refractivity contribution in [1.29, 1.82) is 0 Å². The van der Waals surface area contributed by atoms with Crippen LogP contribution in [0, 0.1) is 11.7 Å². The fourth-order valence-corrected chi connectivity index (χ4v) is 1.29. The Balaban J connectivity index is 2.28. The van der Waals surface area contributed by atoms with Crippen molar-refractivity contribution in [2.24, 2.45) is 5.92 Å². The van der Waals surface area contributed by atoms with Crippen LogP contribution in [-0.2, 0) is 0 Å². The molecule has 0 aliphatic carbocycles. The Labute approximate surface area is 96.8 Å². The summed E-state index contributed by atoms with van der Waals surface area (Å²) in [6, 6.07) is 6.73. The van der Waals surface area contributed by atoms with E-state index < -0.39 is 0 Å². The molecular formula is C13H20FNO. The first-order valence-electron chi connectivity index (χ1n) is 5.69. The first-order chi connectivity index (χ1) is 7.58. The highest BCUT2D eigenvalue weighted by molar-refractivity contribution is 5.22. The van der Waals surface area contributed by atoms with Gasteiger partial charge in [-0.25, -0.2) is 4.39 Å². The molecule has 0 bridgehead atoms. The van der Waals surface area contributed by atoms with Gasteiger partial charge in [-0.1, -0.05) is 26.8 Å². The number of hydrogen-bond donors (Lipinski definition) is 1. The van der Waals surface area contributed by atoms with Gasteiger partial charge in [0.25, 0.3) is 0 Å². The number of nitrogens with one attached hydrogen (secondary N) is 1. The molecule has 0 heterocycles. The van der Waals surface area contributed by atoms with Crippen molar-refractivity contribution in [3.8, 4) is 5.75 Å². The number of rotatable bonds is 6. The first-order valence-corrected chi connectivity index (χ1v) is 5.69. The highest BCUT2D eigenvalue weighted by Gasteiger charge is 2.04. The zero-order chi connectivity index (χ0) is 12.0. The van der Waals surface area contributed by atoms with Crippen molar-refractivity contribution in [2.75, 3.05) is 13.2 Å². The molecule has 1 atom stereocenters. The Morgan fingerprint density at radius 2 is 2.06 bits per heavy atom. The third-order valence-corrected chi connectivity index (χ3v) is 2.21. The molecule has 0 aliphatic rings. The van der Waals surface area contributed by atoms with Gasteiger partial charge in [0, 0.05) is 24.6 Å². The average Bonchev–Trinajstić information content (AvgIpc) is 2.23. The second kappa shape index (κ2) is 6.48. The second-order valence-electron chi connectivity index (χ2n) is 4.44. The number of benzene rings is 1. The van der Waals surface area contributed by atoms with Gasteiger partial charge in [-0.05, 0) is 12.1 Å². The van der Waals surface area contributed by atoms with E-state index in [-0.39, 0.29) is 5.82 Å². The highest BCUT2D eigenvalue weighted by atomic mass is 19.1. The molecule has 0 radical (unpaired) electrons. The molecular weight excluding hydrogens is 205 g/mol. The molecule has 3 heteroatoms. The molecule has 0 spiro atoms. The maximum absolute atomic E-state index is 12.9. The molecule has 2 nitrogen and oxygen atoms in total. The molecule has 90 valence electrons. The lowest BCUT2D eigenvalue weighted by Crippen LogP contribution is -2.30. The third-order valence-electron chi connectivity index (χ3n) is 2.21. The van der Waals surface area contributed by atoms with Crippen molar-refractivity contribution < 1.29 is 9.13 Å². The smallest absolute Gasteiger partial charge is 0.126 e. The van der Waals surface area contributed by atoms with Crippen LogP contribution >= 0.6 is 0 Å². The summed E-state index contributed by atoms with van der Waals surface area (Å²) in [4.78, 5) is 0. The van der Waals surface area contributed by atoms with Gasteiger partial charge in [-0.2, -0.15) is 0 Å². The van der Waals surface area contributed by atoms with E-state index in [2.05, 4.69) is 26.1 Å². The minimum atomic E-state index is -0.259. The van der Waals surface area contributed by atoms with Crippen LogP contribution < -0.4 is 10.1 Å². The zero-order valence-corrected chi connectivity index (χ0v) is 10.2. The normalized spacial score (nSPS) is 12.8. The summed E-state index contributed by atoms with van der Waals surface area (Å²) in [5.41, 5.74) is 0. The molecule has 0 aromatic heterocycles. The summed E-state index contributed by atoms with van der Waals surface area (Å²) in [7, 11) is 0. The second-order valence-corrected chi connectivity index (χ2v) is 4.44. The van der Waals surface area contributed by atoms with E-state index in [4.69, 9.17) is 4.74 Å². The van der Waals surface area contributed by atoms with E-state index in [0.717, 1.165) is 6.54 Å². The molecule has 1 N–H and O–H groups in total. The van der Waals surface area contributed by atoms with Gasteiger partial charge in [0.05, 0.1) is 6.61 Å². The summed E-state index contributed by atoms with van der Waals surface area (Å²) in [5, 5.41) is 3.34. The molecule has 0 fully saturated rings. The molecule has 1 aromatic carbocycles. The molecule has 0 amide bonds. The largest absolute Gasteiger partial charge is 0.493 e. The van der Waals surface area contributed by atoms with E-state index in [1.54, 1.807) is 12.1 Å². The van der Waals surface area contributed by atoms with Gasteiger partial charge in [-0.15, -0.1) is 0 Å². The molecule has 1 rings (SSSR count). The van der Waals surface area contributed by atoms with E-state index in [9.17, 15) is 4.39 Å². The summed E-state index contributed by atoms with van der Waals surface area (Å²) >= 11 is 0. The molecule has 1 aromatic rings. The van der Waals surface area contributed by atoms with Crippen LogP contribution in [0.2, 0.25) is 0 Å². The van der Waals surface area contributed by atoms with Gasteiger partial charge in [0.2, 0.25) is 0 Å². The maximum atomic E-state index is 12.9. The standard InChI is InChI=1S/C13H20FNO/c1-10(2)15-8-11(3)9-16-13-6-4-5-12(14)7-13/h4-7,10-11,15H,8-9H2,1-3H3. The molecule has 16 heavy (non-hydrogen) atoms. The lowest BCUT2D eigenvalue weighted by Gasteiger charge is -2.15. The fourth-order valence-electron chi connectivity index (χ4n) is 1.29. The monoisotopic (exact) mass is 225 g/mol. The lowest BCUT2D eigenvalue weighted by molar-refractivity contribution is 0.252. The van der Waals surface area contributed by atoms with Gasteiger partial charge in [-0.3, -0.25) is 0 Å². The zero-order valence-electron chi connectivity index (χ0n) is 10.2. The minimum Gasteiger partial charge on any atom is -0.493 e. The van der Waals surface area contributed by atoms with Gasteiger partial charge < -0.3 is 10.1 Å². The predicted molar refractivity (Wildman–Crippen MR) is 64.2 cm³/mol. The van der Waals surface area contributed by atoms with Gasteiger partial charge >= 0.3 is 0 Å². The fraction of sp³-hybridized carbons (Fsp3) is 0.538. The van der Waals surface area contributed by atoms with Crippen molar-refractivity contribution in [2.45, 2.75) is 26.8 Å². The Morgan fingerprint density at radius 1 is 1.31 bits per heavy atom. The van der Waals surface area contributed by atoms with Gasteiger partial charge in [0.1, 0.15) is 11.6 Å². The highest BCUT2D eigenvalue weighted by Crippen LogP contribution is 2.12. The Bertz CT molecular complexity index is 315. The summed E-state index contributed by atoms with van der Waals surface area (Å²) in [6.45, 7) is 7.84. The number of hydrogen-bond acceptors (Lipinski definition) is 2. The Hall–Kier alpha value is -1.09. The van der Waals surface area contributed by atoms with Crippen molar-refractivity contribution in [1.82, 2.24) is 5.32 Å². The SMILES string of the molecule is CC(CNC(C)C)COc1cccc(F)c1. The van der Waals surface area contributed by atoms with Crippen LogP contribution in [0.15, 0.2) is 24.3 Å². The predicted octanol–water partition coefficient (Wildman–Crippen LogP) is 2.84. The average molecular weight is 225 g/mol. The van der Waals surface area contributed by atoms with Crippen molar-refractivity contribution in [3.05, 3.63) is 30.1 Å². The molecule has 0 aliphatic heterocycles. The van der Waals surface area contributed by atoms with E-state index in [1.807, 2.05) is 0 Å². The summed E-state index contributed by atoms with van der Waals surface area (Å²) in [6.07, 6.45) is 0. The van der Waals surface area contributed by atoms with E-state index >= 15 is 0 Å². The van der Waals surface area contributed by atoms with Crippen molar-refractivity contribution >= 4 is 0 Å². The molecule has 1 unspecified atom stereocenters. The van der Waals surface area contributed by atoms with E-state index in [0.29, 0.717) is 24.3 Å². The number of halogens is 1. The third kappa shape index (κ3) is 5.12. The summed E-state index contributed by atoms with van der Waals surface area (Å²) in [5.74, 6) is 0.743. The lowest BCUT2D eigenvalue weighted by atomic mass is 10.2. The summed E-state index contributed by atoms with van der Waals surface area (Å²) < 4.78 is 18.4. The molecule has 0 saturated carbocycles. The van der Waals surface area contributed by atoms with Crippen LogP contribution in [0.4, 0.5) is 4.39 Å². The van der Waals surface area contributed by atoms with Crippen LogP contribution in [0.25, 0.3) is 0 Å². The minimum absolute atomic E-state index is 0.259. The van der Waals surface area contributed by atoms with E-state index in [1.165, 1.54) is 12.1 Å². The van der Waals surface area contributed by atoms with Crippen molar-refractivity contribution in [3.63, 3.8) is 0 Å². The Kier molecular flexibility index (Phi) is 5.26. The Morgan fingerprint density at radius 3 is 2.69 bits per heavy atom. The van der Waals surface area contributed by atoms with Crippen LogP contribution in [0.5, 0.6) is 5.75 Å². The topological polar surface area (TPSA) is 21.3 Å². The quantitative estimate of drug-likeness (QED) is 0.803. The van der Waals surface area contributed by atoms with Crippen LogP contribution in [0.3, 0.4) is 0 Å². The maximum Gasteiger partial charge on any atom is 0.126 e. The van der Waals surface area contributed by atoms with Crippen LogP contribution in [-0.4, -0.2) is 19.2 Å². The number of ether oxygens (including phenoxy) is 1. The van der Waals surface area contributed by atoms with Gasteiger partial charge in [0.15, 0.2) is 0 Å².